The van der Waals surface area contributed by atoms with Crippen LogP contribution in [0, 0.1) is 5.92 Å². The Morgan fingerprint density at radius 2 is 1.49 bits per heavy atom. The van der Waals surface area contributed by atoms with Crippen molar-refractivity contribution in [3.63, 3.8) is 0 Å². The third kappa shape index (κ3) is 7.41. The summed E-state index contributed by atoms with van der Waals surface area (Å²) >= 11 is 0. The quantitative estimate of drug-likeness (QED) is 0.362. The Bertz CT molecular complexity index is 1040. The molecule has 2 aromatic carbocycles. The SMILES string of the molecule is COc1ccccc1N1CCN(CC(COc2cc(OC)c(OC)c(OC)c2)OC(=O)C2CCCCC2)CC1. The van der Waals surface area contributed by atoms with Crippen LogP contribution in [0.15, 0.2) is 36.4 Å². The molecule has 1 saturated carbocycles. The van der Waals surface area contributed by atoms with Crippen LogP contribution in [0.4, 0.5) is 5.69 Å². The molecule has 0 radical (unpaired) electrons. The minimum Gasteiger partial charge on any atom is -0.495 e. The molecule has 0 N–H and O–H groups in total. The Balaban J connectivity index is 1.42. The van der Waals surface area contributed by atoms with Gasteiger partial charge in [0.25, 0.3) is 0 Å². The molecule has 1 atom stereocenters. The molecule has 2 fully saturated rings. The number of hydrogen-bond donors (Lipinski definition) is 0. The van der Waals surface area contributed by atoms with Gasteiger partial charge in [-0.25, -0.2) is 0 Å². The predicted molar refractivity (Wildman–Crippen MR) is 150 cm³/mol. The first-order valence-electron chi connectivity index (χ1n) is 13.8. The Morgan fingerprint density at radius 3 is 2.10 bits per heavy atom. The van der Waals surface area contributed by atoms with Crippen molar-refractivity contribution in [2.24, 2.45) is 5.92 Å². The van der Waals surface area contributed by atoms with Gasteiger partial charge >= 0.3 is 5.97 Å². The number of ether oxygens (including phenoxy) is 6. The van der Waals surface area contributed by atoms with E-state index in [1.807, 2.05) is 18.2 Å². The molecule has 1 heterocycles. The van der Waals surface area contributed by atoms with E-state index in [-0.39, 0.29) is 18.5 Å². The van der Waals surface area contributed by atoms with Crippen LogP contribution >= 0.6 is 0 Å². The fourth-order valence-corrected chi connectivity index (χ4v) is 5.40. The molecule has 2 aliphatic rings. The lowest BCUT2D eigenvalue weighted by Crippen LogP contribution is -2.50. The standard InChI is InChI=1S/C30H42N2O7/c1-34-26-13-9-8-12-25(26)32-16-14-31(15-17-32)20-24(39-30(33)22-10-6-5-7-11-22)21-38-23-18-27(35-2)29(37-4)28(19-23)36-3/h8-9,12-13,18-19,22,24H,5-7,10-11,14-17,20-21H2,1-4H3. The zero-order chi connectivity index (χ0) is 27.6. The Hall–Kier alpha value is -3.33. The molecule has 9 heteroatoms. The molecule has 1 aliphatic carbocycles. The van der Waals surface area contributed by atoms with Crippen LogP contribution in [0.3, 0.4) is 0 Å². The smallest absolute Gasteiger partial charge is 0.309 e. The number of nitrogens with zero attached hydrogens (tertiary/aromatic N) is 2. The number of methoxy groups -OCH3 is 4. The van der Waals surface area contributed by atoms with Gasteiger partial charge in [-0.15, -0.1) is 0 Å². The zero-order valence-corrected chi connectivity index (χ0v) is 23.6. The van der Waals surface area contributed by atoms with Gasteiger partial charge in [0.05, 0.1) is 40.0 Å². The summed E-state index contributed by atoms with van der Waals surface area (Å²) in [4.78, 5) is 17.8. The van der Waals surface area contributed by atoms with Crippen molar-refractivity contribution in [2.75, 3.05) is 72.7 Å². The van der Waals surface area contributed by atoms with Crippen molar-refractivity contribution in [1.82, 2.24) is 4.90 Å². The number of benzene rings is 2. The minimum absolute atomic E-state index is 0.0233. The lowest BCUT2D eigenvalue weighted by Gasteiger charge is -2.38. The third-order valence-electron chi connectivity index (χ3n) is 7.56. The second kappa shape index (κ2) is 14.2. The van der Waals surface area contributed by atoms with Gasteiger partial charge in [0.1, 0.15) is 24.2 Å². The molecule has 1 unspecified atom stereocenters. The van der Waals surface area contributed by atoms with E-state index in [1.165, 1.54) is 6.42 Å². The number of carbonyl (C=O) groups excluding carboxylic acids is 1. The van der Waals surface area contributed by atoms with Crippen LogP contribution in [0.5, 0.6) is 28.7 Å². The largest absolute Gasteiger partial charge is 0.495 e. The first-order chi connectivity index (χ1) is 19.1. The topological polar surface area (TPSA) is 78.9 Å². The van der Waals surface area contributed by atoms with Gasteiger partial charge in [-0.05, 0) is 25.0 Å². The number of esters is 1. The van der Waals surface area contributed by atoms with Crippen molar-refractivity contribution in [3.05, 3.63) is 36.4 Å². The number of rotatable bonds is 12. The number of carbonyl (C=O) groups is 1. The zero-order valence-electron chi connectivity index (χ0n) is 23.6. The van der Waals surface area contributed by atoms with E-state index in [9.17, 15) is 4.79 Å². The highest BCUT2D eigenvalue weighted by Gasteiger charge is 2.28. The van der Waals surface area contributed by atoms with Crippen molar-refractivity contribution in [1.29, 1.82) is 0 Å². The summed E-state index contributed by atoms with van der Waals surface area (Å²) in [6.07, 6.45) is 4.74. The third-order valence-corrected chi connectivity index (χ3v) is 7.56. The Morgan fingerprint density at radius 1 is 0.846 bits per heavy atom. The second-order valence-electron chi connectivity index (χ2n) is 10.0. The summed E-state index contributed by atoms with van der Waals surface area (Å²) in [5.41, 5.74) is 1.10. The monoisotopic (exact) mass is 542 g/mol. The Labute approximate surface area is 231 Å². The van der Waals surface area contributed by atoms with Crippen LogP contribution < -0.4 is 28.6 Å². The molecule has 214 valence electrons. The van der Waals surface area contributed by atoms with Gasteiger partial charge in [-0.2, -0.15) is 0 Å². The molecule has 0 aromatic heterocycles. The summed E-state index contributed by atoms with van der Waals surface area (Å²) in [6.45, 7) is 4.24. The number of hydrogen-bond acceptors (Lipinski definition) is 9. The fraction of sp³-hybridized carbons (Fsp3) is 0.567. The van der Waals surface area contributed by atoms with E-state index in [0.29, 0.717) is 29.5 Å². The van der Waals surface area contributed by atoms with Gasteiger partial charge in [0.15, 0.2) is 11.5 Å². The van der Waals surface area contributed by atoms with Gasteiger partial charge in [0.2, 0.25) is 5.75 Å². The maximum absolute atomic E-state index is 13.1. The number of para-hydroxylation sites is 2. The fourth-order valence-electron chi connectivity index (χ4n) is 5.40. The minimum atomic E-state index is -0.406. The molecule has 0 bridgehead atoms. The summed E-state index contributed by atoms with van der Waals surface area (Å²) in [5, 5.41) is 0. The highest BCUT2D eigenvalue weighted by molar-refractivity contribution is 5.72. The first kappa shape index (κ1) is 28.7. The molecule has 4 rings (SSSR count). The van der Waals surface area contributed by atoms with Crippen molar-refractivity contribution in [3.8, 4) is 28.7 Å². The molecule has 1 saturated heterocycles. The number of anilines is 1. The van der Waals surface area contributed by atoms with Crippen LogP contribution in [0.2, 0.25) is 0 Å². The molecular formula is C30H42N2O7. The van der Waals surface area contributed by atoms with E-state index < -0.39 is 6.10 Å². The molecule has 0 amide bonds. The molecular weight excluding hydrogens is 500 g/mol. The second-order valence-corrected chi connectivity index (χ2v) is 10.0. The van der Waals surface area contributed by atoms with Crippen LogP contribution in [-0.4, -0.2) is 84.7 Å². The highest BCUT2D eigenvalue weighted by Crippen LogP contribution is 2.41. The molecule has 1 aliphatic heterocycles. The van der Waals surface area contributed by atoms with Gasteiger partial charge in [-0.1, -0.05) is 31.4 Å². The lowest BCUT2D eigenvalue weighted by atomic mass is 9.89. The van der Waals surface area contributed by atoms with Crippen LogP contribution in [0.25, 0.3) is 0 Å². The molecule has 9 nitrogen and oxygen atoms in total. The van der Waals surface area contributed by atoms with E-state index >= 15 is 0 Å². The van der Waals surface area contributed by atoms with Crippen molar-refractivity contribution in [2.45, 2.75) is 38.2 Å². The highest BCUT2D eigenvalue weighted by atomic mass is 16.6. The van der Waals surface area contributed by atoms with Crippen molar-refractivity contribution >= 4 is 11.7 Å². The molecule has 2 aromatic rings. The summed E-state index contributed by atoms with van der Waals surface area (Å²) in [6, 6.07) is 11.6. The summed E-state index contributed by atoms with van der Waals surface area (Å²) in [7, 11) is 6.41. The average molecular weight is 543 g/mol. The predicted octanol–water partition coefficient (Wildman–Crippen LogP) is 4.41. The number of piperazine rings is 1. The lowest BCUT2D eigenvalue weighted by molar-refractivity contribution is -0.157. The van der Waals surface area contributed by atoms with Crippen LogP contribution in [-0.2, 0) is 9.53 Å². The van der Waals surface area contributed by atoms with E-state index in [1.54, 1.807) is 40.6 Å². The average Bonchev–Trinajstić information content (AvgIpc) is 2.99. The van der Waals surface area contributed by atoms with Gasteiger partial charge in [0, 0.05) is 44.9 Å². The van der Waals surface area contributed by atoms with Gasteiger partial charge < -0.3 is 33.3 Å². The van der Waals surface area contributed by atoms with Gasteiger partial charge in [-0.3, -0.25) is 9.69 Å². The van der Waals surface area contributed by atoms with E-state index in [2.05, 4.69) is 15.9 Å². The summed E-state index contributed by atoms with van der Waals surface area (Å²) < 4.78 is 34.2. The van der Waals surface area contributed by atoms with Crippen molar-refractivity contribution < 1.29 is 33.2 Å². The summed E-state index contributed by atoms with van der Waals surface area (Å²) in [5.74, 6) is 2.82. The Kier molecular flexibility index (Phi) is 10.4. The maximum Gasteiger partial charge on any atom is 0.309 e. The molecule has 39 heavy (non-hydrogen) atoms. The van der Waals surface area contributed by atoms with Crippen LogP contribution in [0.1, 0.15) is 32.1 Å². The first-order valence-corrected chi connectivity index (χ1v) is 13.8. The van der Waals surface area contributed by atoms with E-state index in [4.69, 9.17) is 28.4 Å². The maximum atomic E-state index is 13.1. The normalized spacial score (nSPS) is 17.3. The van der Waals surface area contributed by atoms with E-state index in [0.717, 1.165) is 63.3 Å². The molecule has 0 spiro atoms.